The number of nitrogens with one attached hydrogen (secondary N) is 1. The van der Waals surface area contributed by atoms with Gasteiger partial charge in [0.25, 0.3) is 0 Å². The zero-order valence-electron chi connectivity index (χ0n) is 8.39. The molecule has 1 aliphatic carbocycles. The zero-order chi connectivity index (χ0) is 10.5. The summed E-state index contributed by atoms with van der Waals surface area (Å²) in [6.45, 7) is 2.31. The molecule has 2 aliphatic rings. The average Bonchev–Trinajstić information content (AvgIpc) is 2.63. The lowest BCUT2D eigenvalue weighted by atomic mass is 9.98. The van der Waals surface area contributed by atoms with Crippen molar-refractivity contribution in [1.29, 1.82) is 0 Å². The van der Waals surface area contributed by atoms with Crippen LogP contribution in [0.2, 0.25) is 10.0 Å². The van der Waals surface area contributed by atoms with Gasteiger partial charge in [-0.15, -0.1) is 0 Å². The van der Waals surface area contributed by atoms with Crippen molar-refractivity contribution < 1.29 is 0 Å². The summed E-state index contributed by atoms with van der Waals surface area (Å²) in [4.78, 5) is 0. The van der Waals surface area contributed by atoms with Gasteiger partial charge in [-0.1, -0.05) is 23.2 Å². The third kappa shape index (κ3) is 1.67. The first-order chi connectivity index (χ1) is 7.20. The minimum absolute atomic E-state index is 0.522. The highest BCUT2D eigenvalue weighted by Gasteiger charge is 2.55. The molecule has 1 nitrogen and oxygen atoms in total. The Morgan fingerprint density at radius 2 is 1.93 bits per heavy atom. The normalized spacial score (nSPS) is 33.6. The molecule has 1 saturated heterocycles. The molecular formula is C12H13Cl2N. The first kappa shape index (κ1) is 9.95. The standard InChI is InChI=1S/C12H13Cl2N/c13-9-3-8(4-10(14)5-9)11-6-12(11)1-2-15-7-12/h3-5,11,15H,1-2,6-7H2/t11-,12+/m1/s1. The van der Waals surface area contributed by atoms with Crippen LogP contribution in [-0.2, 0) is 0 Å². The second kappa shape index (κ2) is 3.38. The maximum absolute atomic E-state index is 6.02. The van der Waals surface area contributed by atoms with E-state index < -0.39 is 0 Å². The van der Waals surface area contributed by atoms with Gasteiger partial charge in [-0.2, -0.15) is 0 Å². The highest BCUT2D eigenvalue weighted by atomic mass is 35.5. The first-order valence-electron chi connectivity index (χ1n) is 5.36. The summed E-state index contributed by atoms with van der Waals surface area (Å²) in [5, 5.41) is 4.95. The van der Waals surface area contributed by atoms with E-state index in [0.29, 0.717) is 11.3 Å². The second-order valence-electron chi connectivity index (χ2n) is 4.75. The Bertz CT molecular complexity index is 376. The van der Waals surface area contributed by atoms with Crippen LogP contribution in [0, 0.1) is 5.41 Å². The molecule has 80 valence electrons. The van der Waals surface area contributed by atoms with E-state index in [0.717, 1.165) is 23.1 Å². The Labute approximate surface area is 99.8 Å². The van der Waals surface area contributed by atoms with Crippen LogP contribution in [0.5, 0.6) is 0 Å². The van der Waals surface area contributed by atoms with Crippen molar-refractivity contribution in [2.45, 2.75) is 18.8 Å². The van der Waals surface area contributed by atoms with Crippen LogP contribution in [0.3, 0.4) is 0 Å². The van der Waals surface area contributed by atoms with Crippen LogP contribution >= 0.6 is 23.2 Å². The highest BCUT2D eigenvalue weighted by Crippen LogP contribution is 2.62. The quantitative estimate of drug-likeness (QED) is 0.795. The number of benzene rings is 1. The second-order valence-corrected chi connectivity index (χ2v) is 5.62. The van der Waals surface area contributed by atoms with Crippen molar-refractivity contribution in [2.24, 2.45) is 5.41 Å². The molecule has 1 aliphatic heterocycles. The molecule has 15 heavy (non-hydrogen) atoms. The molecule has 0 unspecified atom stereocenters. The third-order valence-corrected chi connectivity index (χ3v) is 4.19. The van der Waals surface area contributed by atoms with Gasteiger partial charge in [0.05, 0.1) is 0 Å². The monoisotopic (exact) mass is 241 g/mol. The molecule has 3 heteroatoms. The molecule has 2 atom stereocenters. The van der Waals surface area contributed by atoms with Crippen LogP contribution in [-0.4, -0.2) is 13.1 Å². The van der Waals surface area contributed by atoms with Crippen LogP contribution in [0.1, 0.15) is 24.3 Å². The molecule has 0 bridgehead atoms. The van der Waals surface area contributed by atoms with Gasteiger partial charge in [-0.05, 0) is 54.5 Å². The minimum Gasteiger partial charge on any atom is -0.316 e. The van der Waals surface area contributed by atoms with Crippen molar-refractivity contribution >= 4 is 23.2 Å². The molecule has 0 amide bonds. The van der Waals surface area contributed by atoms with Crippen molar-refractivity contribution in [3.05, 3.63) is 33.8 Å². The fourth-order valence-electron chi connectivity index (χ4n) is 2.83. The third-order valence-electron chi connectivity index (χ3n) is 3.75. The summed E-state index contributed by atoms with van der Waals surface area (Å²) in [7, 11) is 0. The molecule has 0 aromatic heterocycles. The minimum atomic E-state index is 0.522. The van der Waals surface area contributed by atoms with Gasteiger partial charge < -0.3 is 5.32 Å². The Hall–Kier alpha value is -0.240. The summed E-state index contributed by atoms with van der Waals surface area (Å²) in [5.74, 6) is 0.670. The molecule has 1 aromatic rings. The van der Waals surface area contributed by atoms with Gasteiger partial charge in [0, 0.05) is 16.6 Å². The van der Waals surface area contributed by atoms with E-state index in [9.17, 15) is 0 Å². The van der Waals surface area contributed by atoms with Crippen molar-refractivity contribution in [3.63, 3.8) is 0 Å². The van der Waals surface area contributed by atoms with Gasteiger partial charge in [0.2, 0.25) is 0 Å². The lowest BCUT2D eigenvalue weighted by Gasteiger charge is -2.08. The number of rotatable bonds is 1. The summed E-state index contributed by atoms with van der Waals surface area (Å²) in [5.41, 5.74) is 1.84. The smallest absolute Gasteiger partial charge is 0.0423 e. The summed E-state index contributed by atoms with van der Waals surface area (Å²) < 4.78 is 0. The van der Waals surface area contributed by atoms with E-state index in [1.807, 2.05) is 0 Å². The zero-order valence-corrected chi connectivity index (χ0v) is 9.91. The molecule has 0 radical (unpaired) electrons. The van der Waals surface area contributed by atoms with Crippen LogP contribution in [0.15, 0.2) is 18.2 Å². The first-order valence-corrected chi connectivity index (χ1v) is 6.12. The van der Waals surface area contributed by atoms with Crippen LogP contribution in [0.25, 0.3) is 0 Å². The van der Waals surface area contributed by atoms with E-state index in [4.69, 9.17) is 23.2 Å². The predicted molar refractivity (Wildman–Crippen MR) is 63.7 cm³/mol. The molecular weight excluding hydrogens is 229 g/mol. The lowest BCUT2D eigenvalue weighted by molar-refractivity contribution is 0.549. The Morgan fingerprint density at radius 1 is 1.20 bits per heavy atom. The average molecular weight is 242 g/mol. The molecule has 1 saturated carbocycles. The summed E-state index contributed by atoms with van der Waals surface area (Å²) in [6.07, 6.45) is 2.58. The van der Waals surface area contributed by atoms with E-state index in [1.54, 1.807) is 6.07 Å². The van der Waals surface area contributed by atoms with Crippen molar-refractivity contribution in [2.75, 3.05) is 13.1 Å². The maximum atomic E-state index is 6.02. The van der Waals surface area contributed by atoms with Crippen molar-refractivity contribution in [3.8, 4) is 0 Å². The molecule has 1 aromatic carbocycles. The predicted octanol–water partition coefficient (Wildman–Crippen LogP) is 3.46. The topological polar surface area (TPSA) is 12.0 Å². The summed E-state index contributed by atoms with van der Waals surface area (Å²) >= 11 is 12.0. The largest absolute Gasteiger partial charge is 0.316 e. The molecule has 2 fully saturated rings. The van der Waals surface area contributed by atoms with Crippen molar-refractivity contribution in [1.82, 2.24) is 5.32 Å². The van der Waals surface area contributed by atoms with Crippen LogP contribution in [0.4, 0.5) is 0 Å². The Morgan fingerprint density at radius 3 is 2.53 bits per heavy atom. The van der Waals surface area contributed by atoms with Gasteiger partial charge in [0.1, 0.15) is 0 Å². The Kier molecular flexibility index (Phi) is 2.24. The van der Waals surface area contributed by atoms with Gasteiger partial charge in [-0.25, -0.2) is 0 Å². The Balaban J connectivity index is 1.89. The van der Waals surface area contributed by atoms with Gasteiger partial charge in [0.15, 0.2) is 0 Å². The van der Waals surface area contributed by atoms with E-state index in [-0.39, 0.29) is 0 Å². The number of halogens is 2. The fraction of sp³-hybridized carbons (Fsp3) is 0.500. The van der Waals surface area contributed by atoms with E-state index in [2.05, 4.69) is 17.4 Å². The highest BCUT2D eigenvalue weighted by molar-refractivity contribution is 6.34. The fourth-order valence-corrected chi connectivity index (χ4v) is 3.37. The number of hydrogen-bond acceptors (Lipinski definition) is 1. The van der Waals surface area contributed by atoms with E-state index in [1.165, 1.54) is 18.4 Å². The molecule has 1 heterocycles. The molecule has 3 rings (SSSR count). The molecule has 1 N–H and O–H groups in total. The maximum Gasteiger partial charge on any atom is 0.0423 e. The lowest BCUT2D eigenvalue weighted by Crippen LogP contribution is -2.10. The van der Waals surface area contributed by atoms with Gasteiger partial charge >= 0.3 is 0 Å². The van der Waals surface area contributed by atoms with Gasteiger partial charge in [-0.3, -0.25) is 0 Å². The van der Waals surface area contributed by atoms with Crippen LogP contribution < -0.4 is 5.32 Å². The molecule has 1 spiro atoms. The SMILES string of the molecule is Clc1cc(Cl)cc([C@H]2C[C@]23CCNC3)c1. The summed E-state index contributed by atoms with van der Waals surface area (Å²) in [6, 6.07) is 5.92. The van der Waals surface area contributed by atoms with E-state index >= 15 is 0 Å². The number of hydrogen-bond donors (Lipinski definition) is 1.